The van der Waals surface area contributed by atoms with E-state index in [1.165, 1.54) is 0 Å². The van der Waals surface area contributed by atoms with Crippen LogP contribution in [0.3, 0.4) is 0 Å². The summed E-state index contributed by atoms with van der Waals surface area (Å²) in [6, 6.07) is 12.0. The van der Waals surface area contributed by atoms with Gasteiger partial charge < -0.3 is 25.4 Å². The third-order valence-corrected chi connectivity index (χ3v) is 5.17. The first-order chi connectivity index (χ1) is 13.9. The first-order valence-corrected chi connectivity index (χ1v) is 9.84. The van der Waals surface area contributed by atoms with E-state index in [4.69, 9.17) is 10.5 Å². The fourth-order valence-electron chi connectivity index (χ4n) is 3.96. The minimum atomic E-state index is -0.0443. The lowest BCUT2D eigenvalue weighted by atomic mass is 10.0. The van der Waals surface area contributed by atoms with Gasteiger partial charge in [0.05, 0.1) is 12.2 Å². The lowest BCUT2D eigenvalue weighted by Gasteiger charge is -2.31. The van der Waals surface area contributed by atoms with E-state index < -0.39 is 0 Å². The van der Waals surface area contributed by atoms with Crippen LogP contribution in [0, 0.1) is 0 Å². The number of hydrogen-bond donors (Lipinski definition) is 2. The van der Waals surface area contributed by atoms with Crippen LogP contribution in [0.4, 0.5) is 11.5 Å². The predicted octanol–water partition coefficient (Wildman–Crippen LogP) is 2.81. The fourth-order valence-corrected chi connectivity index (χ4v) is 3.96. The molecule has 1 aromatic heterocycles. The molecule has 0 spiro atoms. The second-order valence-corrected chi connectivity index (χ2v) is 7.86. The Balaban J connectivity index is 1.65. The highest BCUT2D eigenvalue weighted by molar-refractivity contribution is 5.95. The maximum absolute atomic E-state index is 10.2. The molecule has 1 aliphatic heterocycles. The maximum Gasteiger partial charge on any atom is 0.318 e. The summed E-state index contributed by atoms with van der Waals surface area (Å²) in [5.41, 5.74) is 9.07. The molecule has 3 N–H and O–H groups in total. The Morgan fingerprint density at radius 3 is 2.83 bits per heavy atom. The van der Waals surface area contributed by atoms with E-state index >= 15 is 0 Å². The zero-order chi connectivity index (χ0) is 20.5. The number of phenols is 1. The van der Waals surface area contributed by atoms with Crippen LogP contribution in [0.5, 0.6) is 11.8 Å². The number of aromatic nitrogens is 2. The molecule has 2 aromatic carbocycles. The first kappa shape index (κ1) is 19.3. The van der Waals surface area contributed by atoms with Crippen LogP contribution in [0.2, 0.25) is 0 Å². The molecule has 29 heavy (non-hydrogen) atoms. The van der Waals surface area contributed by atoms with Crippen LogP contribution >= 0.6 is 0 Å². The molecule has 0 unspecified atom stereocenters. The topological polar surface area (TPSA) is 87.7 Å². The monoisotopic (exact) mass is 393 g/mol. The van der Waals surface area contributed by atoms with Gasteiger partial charge in [0.2, 0.25) is 0 Å². The zero-order valence-corrected chi connectivity index (χ0v) is 17.1. The highest BCUT2D eigenvalue weighted by Gasteiger charge is 2.24. The Kier molecular flexibility index (Phi) is 5.15. The molecular weight excluding hydrogens is 366 g/mol. The Morgan fingerprint density at radius 1 is 1.24 bits per heavy atom. The molecule has 0 aliphatic carbocycles. The molecule has 1 aliphatic rings. The van der Waals surface area contributed by atoms with Gasteiger partial charge in [-0.15, -0.1) is 0 Å². The number of fused-ring (bicyclic) bond motifs is 2. The number of anilines is 2. The number of ether oxygens (including phenoxy) is 1. The maximum atomic E-state index is 10.2. The third-order valence-electron chi connectivity index (χ3n) is 5.17. The molecule has 0 saturated heterocycles. The molecule has 1 atom stereocenters. The Bertz CT molecular complexity index is 1040. The molecule has 3 aromatic rings. The van der Waals surface area contributed by atoms with Crippen molar-refractivity contribution in [3.05, 3.63) is 47.7 Å². The number of rotatable bonds is 5. The SMILES string of the molecule is C[C@H](CN(C)C)Oc1nc(N)c2c(n1)CN(c1cc(O)cc3ccccc13)CC2. The molecule has 2 heterocycles. The molecule has 4 rings (SSSR count). The van der Waals surface area contributed by atoms with Crippen LogP contribution < -0.4 is 15.4 Å². The number of phenolic OH excluding ortho intramolecular Hbond substituents is 1. The molecule has 7 heteroatoms. The summed E-state index contributed by atoms with van der Waals surface area (Å²) in [6.45, 7) is 4.13. The lowest BCUT2D eigenvalue weighted by molar-refractivity contribution is 0.163. The second kappa shape index (κ2) is 7.75. The first-order valence-electron chi connectivity index (χ1n) is 9.84. The van der Waals surface area contributed by atoms with Crippen molar-refractivity contribution in [3.8, 4) is 11.8 Å². The molecule has 0 radical (unpaired) electrons. The summed E-state index contributed by atoms with van der Waals surface area (Å²) in [6.07, 6.45) is 0.704. The Hall–Kier alpha value is -3.06. The van der Waals surface area contributed by atoms with Crippen LogP contribution in [0.15, 0.2) is 36.4 Å². The van der Waals surface area contributed by atoms with Crippen molar-refractivity contribution in [2.24, 2.45) is 0 Å². The lowest BCUT2D eigenvalue weighted by Crippen LogP contribution is -2.33. The normalized spacial score (nSPS) is 14.8. The number of nitrogen functional groups attached to an aromatic ring is 1. The van der Waals surface area contributed by atoms with Crippen molar-refractivity contribution >= 4 is 22.3 Å². The van der Waals surface area contributed by atoms with Crippen LogP contribution in [0.25, 0.3) is 10.8 Å². The van der Waals surface area contributed by atoms with Crippen molar-refractivity contribution in [2.45, 2.75) is 26.0 Å². The minimum absolute atomic E-state index is 0.0443. The molecule has 7 nitrogen and oxygen atoms in total. The molecule has 0 saturated carbocycles. The summed E-state index contributed by atoms with van der Waals surface area (Å²) in [4.78, 5) is 13.3. The number of likely N-dealkylation sites (N-methyl/N-ethyl adjacent to an activating group) is 1. The molecular formula is C22H27N5O2. The average Bonchev–Trinajstić information content (AvgIpc) is 2.66. The Morgan fingerprint density at radius 2 is 2.03 bits per heavy atom. The van der Waals surface area contributed by atoms with Gasteiger partial charge >= 0.3 is 6.01 Å². The molecule has 152 valence electrons. The summed E-state index contributed by atoms with van der Waals surface area (Å²) in [5.74, 6) is 0.746. The van der Waals surface area contributed by atoms with Crippen molar-refractivity contribution in [3.63, 3.8) is 0 Å². The van der Waals surface area contributed by atoms with Gasteiger partial charge in [-0.3, -0.25) is 0 Å². The highest BCUT2D eigenvalue weighted by Crippen LogP contribution is 2.35. The van der Waals surface area contributed by atoms with E-state index in [-0.39, 0.29) is 11.9 Å². The van der Waals surface area contributed by atoms with E-state index in [0.717, 1.165) is 47.2 Å². The molecule has 0 bridgehead atoms. The van der Waals surface area contributed by atoms with Gasteiger partial charge in [-0.2, -0.15) is 9.97 Å². The smallest absolute Gasteiger partial charge is 0.318 e. The van der Waals surface area contributed by atoms with Crippen molar-refractivity contribution in [1.82, 2.24) is 14.9 Å². The second-order valence-electron chi connectivity index (χ2n) is 7.86. The van der Waals surface area contributed by atoms with Gasteiger partial charge in [0.15, 0.2) is 0 Å². The van der Waals surface area contributed by atoms with Crippen LogP contribution in [-0.4, -0.2) is 53.3 Å². The fraction of sp³-hybridized carbons (Fsp3) is 0.364. The third kappa shape index (κ3) is 4.05. The van der Waals surface area contributed by atoms with E-state index in [1.54, 1.807) is 6.07 Å². The zero-order valence-electron chi connectivity index (χ0n) is 17.1. The van der Waals surface area contributed by atoms with E-state index in [0.29, 0.717) is 18.4 Å². The van der Waals surface area contributed by atoms with Gasteiger partial charge in [0, 0.05) is 35.8 Å². The summed E-state index contributed by atoms with van der Waals surface area (Å²) in [7, 11) is 4.00. The quantitative estimate of drug-likeness (QED) is 0.689. The summed E-state index contributed by atoms with van der Waals surface area (Å²) in [5, 5.41) is 12.3. The van der Waals surface area contributed by atoms with Crippen molar-refractivity contribution in [2.75, 3.05) is 37.8 Å². The van der Waals surface area contributed by atoms with Gasteiger partial charge in [0.25, 0.3) is 0 Å². The number of benzene rings is 2. The van der Waals surface area contributed by atoms with Gasteiger partial charge in [0.1, 0.15) is 17.7 Å². The predicted molar refractivity (Wildman–Crippen MR) is 115 cm³/mol. The largest absolute Gasteiger partial charge is 0.508 e. The van der Waals surface area contributed by atoms with E-state index in [9.17, 15) is 5.11 Å². The van der Waals surface area contributed by atoms with E-state index in [2.05, 4.69) is 25.8 Å². The van der Waals surface area contributed by atoms with Crippen LogP contribution in [-0.2, 0) is 13.0 Å². The molecule has 0 fully saturated rings. The molecule has 0 amide bonds. The number of hydrogen-bond acceptors (Lipinski definition) is 7. The van der Waals surface area contributed by atoms with Gasteiger partial charge in [-0.25, -0.2) is 0 Å². The summed E-state index contributed by atoms with van der Waals surface area (Å²) >= 11 is 0. The minimum Gasteiger partial charge on any atom is -0.508 e. The van der Waals surface area contributed by atoms with E-state index in [1.807, 2.05) is 45.3 Å². The number of nitrogens with two attached hydrogens (primary N) is 1. The average molecular weight is 393 g/mol. The highest BCUT2D eigenvalue weighted by atomic mass is 16.5. The van der Waals surface area contributed by atoms with Gasteiger partial charge in [-0.1, -0.05) is 24.3 Å². The number of nitrogens with zero attached hydrogens (tertiary/aromatic N) is 4. The summed E-state index contributed by atoms with van der Waals surface area (Å²) < 4.78 is 5.90. The van der Waals surface area contributed by atoms with Gasteiger partial charge in [-0.05, 0) is 38.9 Å². The number of aromatic hydroxyl groups is 1. The van der Waals surface area contributed by atoms with Crippen LogP contribution in [0.1, 0.15) is 18.2 Å². The van der Waals surface area contributed by atoms with Crippen molar-refractivity contribution in [1.29, 1.82) is 0 Å². The standard InChI is InChI=1S/C22H27N5O2/c1-14(12-26(2)3)29-22-24-19-13-27(9-8-18(19)21(23)25-22)20-11-16(28)10-15-6-4-5-7-17(15)20/h4-7,10-11,14,28H,8-9,12-13H2,1-3H3,(H2,23,24,25)/t14-/m1/s1. The Labute approximate surface area is 170 Å². The van der Waals surface area contributed by atoms with Crippen molar-refractivity contribution < 1.29 is 9.84 Å².